The lowest BCUT2D eigenvalue weighted by molar-refractivity contribution is 0.0940. The molecule has 0 spiro atoms. The molecule has 3 nitrogen and oxygen atoms in total. The summed E-state index contributed by atoms with van der Waals surface area (Å²) in [5, 5.41) is 0. The van der Waals surface area contributed by atoms with Crippen molar-refractivity contribution < 1.29 is 4.74 Å². The Labute approximate surface area is 129 Å². The highest BCUT2D eigenvalue weighted by Crippen LogP contribution is 2.24. The van der Waals surface area contributed by atoms with Gasteiger partial charge in [0.25, 0.3) is 0 Å². The van der Waals surface area contributed by atoms with Gasteiger partial charge in [0, 0.05) is 12.1 Å². The Kier molecular flexibility index (Phi) is 6.52. The lowest BCUT2D eigenvalue weighted by Crippen LogP contribution is -2.46. The predicted octanol–water partition coefficient (Wildman–Crippen LogP) is 3.22. The first-order valence-electron chi connectivity index (χ1n) is 8.33. The van der Waals surface area contributed by atoms with Crippen LogP contribution in [-0.4, -0.2) is 37.2 Å². The smallest absolute Gasteiger partial charge is 0.118 e. The van der Waals surface area contributed by atoms with Crippen LogP contribution in [0.2, 0.25) is 0 Å². The number of rotatable bonds is 7. The van der Waals surface area contributed by atoms with E-state index < -0.39 is 0 Å². The highest BCUT2D eigenvalue weighted by Gasteiger charge is 2.25. The molecule has 1 aliphatic rings. The van der Waals surface area contributed by atoms with E-state index >= 15 is 0 Å². The number of benzene rings is 1. The van der Waals surface area contributed by atoms with Crippen molar-refractivity contribution in [3.63, 3.8) is 0 Å². The zero-order chi connectivity index (χ0) is 15.1. The van der Waals surface area contributed by atoms with Crippen LogP contribution in [0.4, 0.5) is 0 Å². The molecule has 3 heteroatoms. The Bertz CT molecular complexity index is 402. The molecule has 1 aromatic carbocycles. The molecule has 2 unspecified atom stereocenters. The number of methoxy groups -OCH3 is 1. The van der Waals surface area contributed by atoms with E-state index in [1.54, 1.807) is 7.11 Å². The molecule has 118 valence electrons. The maximum atomic E-state index is 5.78. The third kappa shape index (κ3) is 4.72. The van der Waals surface area contributed by atoms with E-state index in [0.29, 0.717) is 12.1 Å². The van der Waals surface area contributed by atoms with Crippen molar-refractivity contribution >= 4 is 0 Å². The molecule has 2 rings (SSSR count). The fourth-order valence-electron chi connectivity index (χ4n) is 3.44. The molecule has 1 fully saturated rings. The van der Waals surface area contributed by atoms with E-state index in [2.05, 4.69) is 36.1 Å². The molecule has 1 aliphatic heterocycles. The van der Waals surface area contributed by atoms with Gasteiger partial charge in [-0.05, 0) is 69.8 Å². The number of hydrogen-bond acceptors (Lipinski definition) is 3. The van der Waals surface area contributed by atoms with Gasteiger partial charge >= 0.3 is 0 Å². The van der Waals surface area contributed by atoms with Gasteiger partial charge in [0.05, 0.1) is 7.11 Å². The van der Waals surface area contributed by atoms with Crippen LogP contribution in [0.3, 0.4) is 0 Å². The quantitative estimate of drug-likeness (QED) is 0.838. The summed E-state index contributed by atoms with van der Waals surface area (Å²) in [5.74, 6) is 0.936. The number of piperidine rings is 1. The Morgan fingerprint density at radius 1 is 1.29 bits per heavy atom. The number of aryl methyl sites for hydroxylation is 1. The maximum Gasteiger partial charge on any atom is 0.118 e. The zero-order valence-electron chi connectivity index (χ0n) is 13.6. The third-order valence-corrected chi connectivity index (χ3v) is 4.75. The van der Waals surface area contributed by atoms with Gasteiger partial charge in [0.2, 0.25) is 0 Å². The third-order valence-electron chi connectivity index (χ3n) is 4.75. The summed E-state index contributed by atoms with van der Waals surface area (Å²) in [5.41, 5.74) is 7.17. The molecular formula is C18H30N2O. The molecule has 21 heavy (non-hydrogen) atoms. The Morgan fingerprint density at radius 3 is 2.71 bits per heavy atom. The van der Waals surface area contributed by atoms with E-state index in [-0.39, 0.29) is 0 Å². The van der Waals surface area contributed by atoms with E-state index in [1.165, 1.54) is 37.8 Å². The second kappa shape index (κ2) is 8.40. The summed E-state index contributed by atoms with van der Waals surface area (Å²) in [7, 11) is 1.71. The normalized spacial score (nSPS) is 21.2. The van der Waals surface area contributed by atoms with Crippen LogP contribution >= 0.6 is 0 Å². The Balaban J connectivity index is 1.85. The molecular weight excluding hydrogens is 260 g/mol. The Hall–Kier alpha value is -1.06. The van der Waals surface area contributed by atoms with Gasteiger partial charge in [-0.1, -0.05) is 18.6 Å². The fourth-order valence-corrected chi connectivity index (χ4v) is 3.44. The van der Waals surface area contributed by atoms with Crippen LogP contribution in [0.5, 0.6) is 5.75 Å². The molecule has 2 atom stereocenters. The van der Waals surface area contributed by atoms with E-state index in [0.717, 1.165) is 25.1 Å². The van der Waals surface area contributed by atoms with E-state index in [9.17, 15) is 0 Å². The number of ether oxygens (including phenoxy) is 1. The van der Waals surface area contributed by atoms with Gasteiger partial charge < -0.3 is 10.5 Å². The van der Waals surface area contributed by atoms with Gasteiger partial charge in [-0.15, -0.1) is 0 Å². The summed E-state index contributed by atoms with van der Waals surface area (Å²) >= 11 is 0. The molecule has 0 aromatic heterocycles. The van der Waals surface area contributed by atoms with Crippen molar-refractivity contribution in [3.05, 3.63) is 29.8 Å². The molecule has 1 saturated heterocycles. The van der Waals surface area contributed by atoms with Crippen molar-refractivity contribution in [2.24, 2.45) is 5.73 Å². The van der Waals surface area contributed by atoms with Crippen molar-refractivity contribution in [2.75, 3.05) is 20.2 Å². The number of nitrogens with zero attached hydrogens (tertiary/aromatic N) is 1. The van der Waals surface area contributed by atoms with Gasteiger partial charge in [-0.3, -0.25) is 4.90 Å². The molecule has 0 aliphatic carbocycles. The van der Waals surface area contributed by atoms with Gasteiger partial charge in [0.1, 0.15) is 5.75 Å². The minimum Gasteiger partial charge on any atom is -0.497 e. The lowest BCUT2D eigenvalue weighted by atomic mass is 9.95. The fraction of sp³-hybridized carbons (Fsp3) is 0.667. The van der Waals surface area contributed by atoms with Gasteiger partial charge in [0.15, 0.2) is 0 Å². The summed E-state index contributed by atoms with van der Waals surface area (Å²) in [4.78, 5) is 2.69. The lowest BCUT2D eigenvalue weighted by Gasteiger charge is -2.40. The molecule has 0 bridgehead atoms. The van der Waals surface area contributed by atoms with Crippen LogP contribution in [0.15, 0.2) is 24.3 Å². The molecule has 0 amide bonds. The van der Waals surface area contributed by atoms with Crippen molar-refractivity contribution in [1.82, 2.24) is 4.90 Å². The average molecular weight is 290 g/mol. The highest BCUT2D eigenvalue weighted by molar-refractivity contribution is 5.27. The van der Waals surface area contributed by atoms with Crippen LogP contribution in [0, 0.1) is 0 Å². The SMILES string of the molecule is COc1ccc(CCC(C)N2CCCCC2CCN)cc1. The predicted molar refractivity (Wildman–Crippen MR) is 88.8 cm³/mol. The second-order valence-corrected chi connectivity index (χ2v) is 6.20. The average Bonchev–Trinajstić information content (AvgIpc) is 2.54. The van der Waals surface area contributed by atoms with E-state index in [1.807, 2.05) is 0 Å². The van der Waals surface area contributed by atoms with Crippen molar-refractivity contribution in [2.45, 2.75) is 57.5 Å². The first kappa shape index (κ1) is 16.3. The molecule has 1 aromatic rings. The maximum absolute atomic E-state index is 5.78. The van der Waals surface area contributed by atoms with Crippen LogP contribution in [0.1, 0.15) is 44.6 Å². The minimum absolute atomic E-state index is 0.643. The first-order valence-corrected chi connectivity index (χ1v) is 8.33. The largest absolute Gasteiger partial charge is 0.497 e. The Morgan fingerprint density at radius 2 is 2.05 bits per heavy atom. The number of hydrogen-bond donors (Lipinski definition) is 1. The number of nitrogens with two attached hydrogens (primary N) is 1. The summed E-state index contributed by atoms with van der Waals surface area (Å²) < 4.78 is 5.21. The molecule has 1 heterocycles. The van der Waals surface area contributed by atoms with E-state index in [4.69, 9.17) is 10.5 Å². The molecule has 0 radical (unpaired) electrons. The number of likely N-dealkylation sites (tertiary alicyclic amines) is 1. The van der Waals surface area contributed by atoms with Crippen LogP contribution in [0.25, 0.3) is 0 Å². The zero-order valence-corrected chi connectivity index (χ0v) is 13.6. The van der Waals surface area contributed by atoms with Crippen LogP contribution < -0.4 is 10.5 Å². The van der Waals surface area contributed by atoms with Crippen molar-refractivity contribution in [1.29, 1.82) is 0 Å². The molecule has 0 saturated carbocycles. The highest BCUT2D eigenvalue weighted by atomic mass is 16.5. The molecule has 2 N–H and O–H groups in total. The van der Waals surface area contributed by atoms with Gasteiger partial charge in [-0.25, -0.2) is 0 Å². The van der Waals surface area contributed by atoms with Crippen molar-refractivity contribution in [3.8, 4) is 5.75 Å². The monoisotopic (exact) mass is 290 g/mol. The summed E-state index contributed by atoms with van der Waals surface area (Å²) in [6, 6.07) is 9.81. The van der Waals surface area contributed by atoms with Crippen LogP contribution in [-0.2, 0) is 6.42 Å². The topological polar surface area (TPSA) is 38.5 Å². The first-order chi connectivity index (χ1) is 10.2. The van der Waals surface area contributed by atoms with Gasteiger partial charge in [-0.2, -0.15) is 0 Å². The minimum atomic E-state index is 0.643. The standard InChI is InChI=1S/C18H30N2O/c1-15(20-14-4-3-5-17(20)12-13-19)6-7-16-8-10-18(21-2)11-9-16/h8-11,15,17H,3-7,12-14,19H2,1-2H3. The summed E-state index contributed by atoms with van der Waals surface area (Å²) in [6.45, 7) is 4.43. The second-order valence-electron chi connectivity index (χ2n) is 6.20. The summed E-state index contributed by atoms with van der Waals surface area (Å²) in [6.07, 6.45) is 7.53.